The summed E-state index contributed by atoms with van der Waals surface area (Å²) in [5.41, 5.74) is 2.16. The average Bonchev–Trinajstić information content (AvgIpc) is 2.95. The van der Waals surface area contributed by atoms with Crippen LogP contribution in [0, 0.1) is 6.92 Å². The van der Waals surface area contributed by atoms with Crippen LogP contribution in [0.2, 0.25) is 0 Å². The van der Waals surface area contributed by atoms with Gasteiger partial charge < -0.3 is 24.1 Å². The van der Waals surface area contributed by atoms with Crippen LogP contribution in [0.1, 0.15) is 33.7 Å². The van der Waals surface area contributed by atoms with Crippen molar-refractivity contribution in [3.63, 3.8) is 0 Å². The molecule has 1 aromatic heterocycles. The molecule has 8 heteroatoms. The normalized spacial score (nSPS) is 18.0. The summed E-state index contributed by atoms with van der Waals surface area (Å²) in [5.74, 6) is -0.108. The number of allylic oxidation sites excluding steroid dienone is 2. The highest BCUT2D eigenvalue weighted by molar-refractivity contribution is 6.06. The lowest BCUT2D eigenvalue weighted by Crippen LogP contribution is -2.47. The van der Waals surface area contributed by atoms with E-state index in [9.17, 15) is 19.5 Å². The van der Waals surface area contributed by atoms with Gasteiger partial charge in [0.1, 0.15) is 5.76 Å². The van der Waals surface area contributed by atoms with Crippen molar-refractivity contribution in [3.8, 4) is 11.1 Å². The number of aliphatic hydroxyl groups is 1. The number of piperazine rings is 1. The fraction of sp³-hybridized carbons (Fsp3) is 0.320. The number of ketones is 1. The lowest BCUT2D eigenvalue weighted by Gasteiger charge is -2.32. The van der Waals surface area contributed by atoms with Gasteiger partial charge in [0, 0.05) is 49.3 Å². The molecule has 172 valence electrons. The highest BCUT2D eigenvalue weighted by Crippen LogP contribution is 2.34. The SMILES string of the molecule is COC1=Cc2c(oc(=O)c(-c3ccc(C(=O)N4CCN(C)CC4)cc3)c2C)C(=CO)CC1=O. The van der Waals surface area contributed by atoms with Gasteiger partial charge in [0.2, 0.25) is 5.78 Å². The second-order valence-electron chi connectivity index (χ2n) is 8.27. The number of likely N-dealkylation sites (N-methyl/N-ethyl adjacent to an activating group) is 1. The highest BCUT2D eigenvalue weighted by Gasteiger charge is 2.27. The maximum atomic E-state index is 12.9. The molecule has 2 aliphatic rings. The van der Waals surface area contributed by atoms with Crippen molar-refractivity contribution < 1.29 is 23.8 Å². The number of carbonyl (C=O) groups is 2. The molecule has 2 heterocycles. The second-order valence-corrected chi connectivity index (χ2v) is 8.27. The Hall–Kier alpha value is -3.65. The van der Waals surface area contributed by atoms with Crippen LogP contribution in [0.4, 0.5) is 0 Å². The molecule has 0 unspecified atom stereocenters. The van der Waals surface area contributed by atoms with Gasteiger partial charge in [-0.1, -0.05) is 12.1 Å². The van der Waals surface area contributed by atoms with Crippen LogP contribution in [0.5, 0.6) is 0 Å². The minimum atomic E-state index is -0.592. The Bertz CT molecular complexity index is 1210. The van der Waals surface area contributed by atoms with E-state index >= 15 is 0 Å². The van der Waals surface area contributed by atoms with Gasteiger partial charge in [0.15, 0.2) is 5.76 Å². The summed E-state index contributed by atoms with van der Waals surface area (Å²) in [4.78, 5) is 42.1. The maximum absolute atomic E-state index is 12.9. The Morgan fingerprint density at radius 3 is 2.39 bits per heavy atom. The molecule has 1 aromatic carbocycles. The monoisotopic (exact) mass is 450 g/mol. The van der Waals surface area contributed by atoms with Crippen molar-refractivity contribution in [2.45, 2.75) is 13.3 Å². The molecule has 0 spiro atoms. The van der Waals surface area contributed by atoms with Crippen LogP contribution in [-0.4, -0.2) is 66.9 Å². The number of fused-ring (bicyclic) bond motifs is 1. The molecule has 1 amide bonds. The lowest BCUT2D eigenvalue weighted by molar-refractivity contribution is -0.117. The summed E-state index contributed by atoms with van der Waals surface area (Å²) < 4.78 is 10.8. The molecule has 33 heavy (non-hydrogen) atoms. The molecule has 1 saturated heterocycles. The Labute approximate surface area is 191 Å². The van der Waals surface area contributed by atoms with Crippen LogP contribution >= 0.6 is 0 Å². The van der Waals surface area contributed by atoms with Gasteiger partial charge in [-0.05, 0) is 43.3 Å². The van der Waals surface area contributed by atoms with Gasteiger partial charge in [-0.25, -0.2) is 4.79 Å². The number of rotatable bonds is 3. The van der Waals surface area contributed by atoms with Crippen molar-refractivity contribution in [2.75, 3.05) is 40.3 Å². The van der Waals surface area contributed by atoms with Crippen molar-refractivity contribution in [3.05, 3.63) is 69.2 Å². The molecule has 1 N–H and O–H groups in total. The number of hydrogen-bond acceptors (Lipinski definition) is 7. The van der Waals surface area contributed by atoms with E-state index in [1.807, 2.05) is 11.9 Å². The first-order valence-corrected chi connectivity index (χ1v) is 10.7. The maximum Gasteiger partial charge on any atom is 0.344 e. The van der Waals surface area contributed by atoms with E-state index < -0.39 is 5.63 Å². The third-order valence-electron chi connectivity index (χ3n) is 6.20. The standard InChI is InChI=1S/C25H26N2O6/c1-15-19-13-21(32-3)20(29)12-18(14-28)23(19)33-25(31)22(15)16-4-6-17(7-5-16)24(30)27-10-8-26(2)9-11-27/h4-7,13-14,28H,8-12H2,1-3H3. The van der Waals surface area contributed by atoms with E-state index in [2.05, 4.69) is 4.90 Å². The average molecular weight is 450 g/mol. The Kier molecular flexibility index (Phi) is 6.20. The number of aliphatic hydroxyl groups excluding tert-OH is 1. The number of carbonyl (C=O) groups excluding carboxylic acids is 2. The lowest BCUT2D eigenvalue weighted by atomic mass is 9.95. The number of methoxy groups -OCH3 is 1. The number of Topliss-reactive ketones (excluding diaryl/α,β-unsaturated/α-hetero) is 1. The molecule has 4 rings (SSSR count). The van der Waals surface area contributed by atoms with Gasteiger partial charge in [-0.15, -0.1) is 0 Å². The van der Waals surface area contributed by atoms with Crippen LogP contribution in [0.15, 0.2) is 45.5 Å². The van der Waals surface area contributed by atoms with E-state index in [-0.39, 0.29) is 35.2 Å². The van der Waals surface area contributed by atoms with E-state index in [0.29, 0.717) is 40.9 Å². The Balaban J connectivity index is 1.73. The predicted octanol–water partition coefficient (Wildman–Crippen LogP) is 2.86. The Morgan fingerprint density at radius 2 is 1.79 bits per heavy atom. The van der Waals surface area contributed by atoms with Crippen LogP contribution in [0.25, 0.3) is 22.8 Å². The highest BCUT2D eigenvalue weighted by atomic mass is 16.5. The second kappa shape index (κ2) is 9.07. The summed E-state index contributed by atoms with van der Waals surface area (Å²) in [6, 6.07) is 6.86. The zero-order valence-corrected chi connectivity index (χ0v) is 18.9. The van der Waals surface area contributed by atoms with Gasteiger partial charge >= 0.3 is 5.63 Å². The zero-order valence-electron chi connectivity index (χ0n) is 18.9. The molecule has 8 nitrogen and oxygen atoms in total. The van der Waals surface area contributed by atoms with Crippen molar-refractivity contribution in [1.82, 2.24) is 9.80 Å². The Morgan fingerprint density at radius 1 is 1.12 bits per heavy atom. The summed E-state index contributed by atoms with van der Waals surface area (Å²) in [6.07, 6.45) is 2.17. The molecule has 0 saturated carbocycles. The quantitative estimate of drug-likeness (QED) is 0.718. The first kappa shape index (κ1) is 22.5. The van der Waals surface area contributed by atoms with Crippen LogP contribution in [-0.2, 0) is 9.53 Å². The predicted molar refractivity (Wildman–Crippen MR) is 124 cm³/mol. The fourth-order valence-corrected chi connectivity index (χ4v) is 4.20. The molecule has 1 aliphatic heterocycles. The van der Waals surface area contributed by atoms with Gasteiger partial charge in [0.25, 0.3) is 5.91 Å². The molecule has 0 atom stereocenters. The number of ether oxygens (including phenoxy) is 1. The van der Waals surface area contributed by atoms with Gasteiger partial charge in [-0.3, -0.25) is 9.59 Å². The third-order valence-corrected chi connectivity index (χ3v) is 6.20. The smallest absolute Gasteiger partial charge is 0.344 e. The first-order valence-electron chi connectivity index (χ1n) is 10.7. The number of benzene rings is 1. The van der Waals surface area contributed by atoms with Crippen molar-refractivity contribution in [2.24, 2.45) is 0 Å². The van der Waals surface area contributed by atoms with E-state index in [1.165, 1.54) is 13.2 Å². The topological polar surface area (TPSA) is 100 Å². The molecule has 1 fully saturated rings. The van der Waals surface area contributed by atoms with Crippen LogP contribution < -0.4 is 5.63 Å². The third kappa shape index (κ3) is 4.21. The zero-order chi connectivity index (χ0) is 23.7. The van der Waals surface area contributed by atoms with Gasteiger partial charge in [0.05, 0.1) is 18.9 Å². The molecular formula is C25H26N2O6. The molecule has 0 bridgehead atoms. The summed E-state index contributed by atoms with van der Waals surface area (Å²) in [6.45, 7) is 4.78. The fourth-order valence-electron chi connectivity index (χ4n) is 4.20. The molecule has 1 aliphatic carbocycles. The number of amides is 1. The van der Waals surface area contributed by atoms with E-state index in [1.54, 1.807) is 31.2 Å². The first-order chi connectivity index (χ1) is 15.8. The minimum absolute atomic E-state index is 0.0377. The minimum Gasteiger partial charge on any atom is -0.515 e. The summed E-state index contributed by atoms with van der Waals surface area (Å²) >= 11 is 0. The van der Waals surface area contributed by atoms with Gasteiger partial charge in [-0.2, -0.15) is 0 Å². The largest absolute Gasteiger partial charge is 0.515 e. The summed E-state index contributed by atoms with van der Waals surface area (Å²) in [5, 5.41) is 9.63. The number of nitrogens with zero attached hydrogens (tertiary/aromatic N) is 2. The molecular weight excluding hydrogens is 424 g/mol. The molecule has 0 radical (unpaired) electrons. The molecule has 2 aromatic rings. The van der Waals surface area contributed by atoms with E-state index in [4.69, 9.17) is 9.15 Å². The number of hydrogen-bond donors (Lipinski definition) is 1. The van der Waals surface area contributed by atoms with Crippen molar-refractivity contribution in [1.29, 1.82) is 0 Å². The van der Waals surface area contributed by atoms with E-state index in [0.717, 1.165) is 19.4 Å². The van der Waals surface area contributed by atoms with Crippen LogP contribution in [0.3, 0.4) is 0 Å². The summed E-state index contributed by atoms with van der Waals surface area (Å²) in [7, 11) is 3.42. The van der Waals surface area contributed by atoms with Crippen molar-refractivity contribution >= 4 is 23.3 Å².